The van der Waals surface area contributed by atoms with E-state index in [4.69, 9.17) is 5.26 Å². The van der Waals surface area contributed by atoms with Crippen LogP contribution in [0.1, 0.15) is 11.1 Å². The van der Waals surface area contributed by atoms with Crippen molar-refractivity contribution in [1.29, 1.82) is 5.26 Å². The molecule has 0 saturated heterocycles. The van der Waals surface area contributed by atoms with Crippen molar-refractivity contribution in [3.8, 4) is 6.07 Å². The fraction of sp³-hybridized carbons (Fsp3) is 0.222. The summed E-state index contributed by atoms with van der Waals surface area (Å²) in [5, 5.41) is 8.58. The Bertz CT molecular complexity index is 275. The van der Waals surface area contributed by atoms with Crippen LogP contribution in [-0.2, 0) is 6.32 Å². The largest absolute Gasteiger partial charge is 0.192 e. The van der Waals surface area contributed by atoms with E-state index < -0.39 is 0 Å². The van der Waals surface area contributed by atoms with Gasteiger partial charge in [0, 0.05) is 0 Å². The summed E-state index contributed by atoms with van der Waals surface area (Å²) in [5.41, 5.74) is 2.02. The molecule has 0 aliphatic carbocycles. The molecule has 0 bridgehead atoms. The zero-order chi connectivity index (χ0) is 8.10. The first kappa shape index (κ1) is 7.88. The first-order chi connectivity index (χ1) is 5.36. The zero-order valence-corrected chi connectivity index (χ0v) is 6.67. The topological polar surface area (TPSA) is 23.8 Å². The molecule has 0 atom stereocenters. The van der Waals surface area contributed by atoms with Crippen LogP contribution in [0.3, 0.4) is 0 Å². The van der Waals surface area contributed by atoms with Crippen molar-refractivity contribution in [2.24, 2.45) is 0 Å². The summed E-state index contributed by atoms with van der Waals surface area (Å²) in [5.74, 6) is 0. The van der Waals surface area contributed by atoms with Crippen LogP contribution in [0.15, 0.2) is 24.3 Å². The Morgan fingerprint density at radius 3 is 3.00 bits per heavy atom. The van der Waals surface area contributed by atoms with Gasteiger partial charge in [-0.05, 0) is 12.1 Å². The predicted octanol–water partition coefficient (Wildman–Crippen LogP) is 1.54. The Hall–Kier alpha value is -1.23. The van der Waals surface area contributed by atoms with Gasteiger partial charge in [0.25, 0.3) is 0 Å². The highest BCUT2D eigenvalue weighted by molar-refractivity contribution is 6.32. The number of nitrogens with zero attached hydrogens (tertiary/aromatic N) is 1. The van der Waals surface area contributed by atoms with Crippen LogP contribution >= 0.6 is 0 Å². The van der Waals surface area contributed by atoms with Crippen LogP contribution in [0.25, 0.3) is 0 Å². The van der Waals surface area contributed by atoms with Crippen molar-refractivity contribution in [3.05, 3.63) is 35.4 Å². The van der Waals surface area contributed by atoms with Crippen LogP contribution in [-0.4, -0.2) is 7.28 Å². The van der Waals surface area contributed by atoms with Crippen LogP contribution in [0.2, 0.25) is 6.82 Å². The summed E-state index contributed by atoms with van der Waals surface area (Å²) in [4.78, 5) is 0. The second-order valence-electron chi connectivity index (χ2n) is 2.56. The monoisotopic (exact) mass is 143 g/mol. The van der Waals surface area contributed by atoms with Crippen molar-refractivity contribution in [1.82, 2.24) is 0 Å². The Kier molecular flexibility index (Phi) is 2.74. The van der Waals surface area contributed by atoms with Gasteiger partial charge in [-0.1, -0.05) is 30.8 Å². The van der Waals surface area contributed by atoms with Crippen molar-refractivity contribution < 1.29 is 0 Å². The standard InChI is InChI=1S/C9H10BN/c1-10-6-8-3-2-4-9(5-8)7-11/h2-5,10H,6H2,1H3. The lowest BCUT2D eigenvalue weighted by atomic mass is 9.75. The second-order valence-corrected chi connectivity index (χ2v) is 2.56. The zero-order valence-electron chi connectivity index (χ0n) is 6.67. The molecule has 1 aromatic rings. The Labute approximate surface area is 67.9 Å². The third-order valence-corrected chi connectivity index (χ3v) is 1.59. The molecule has 0 N–H and O–H groups in total. The van der Waals surface area contributed by atoms with Crippen molar-refractivity contribution in [2.45, 2.75) is 13.1 Å². The first-order valence-electron chi connectivity index (χ1n) is 3.86. The molecule has 0 unspecified atom stereocenters. The van der Waals surface area contributed by atoms with Crippen molar-refractivity contribution in [2.75, 3.05) is 0 Å². The molecule has 0 heterocycles. The van der Waals surface area contributed by atoms with E-state index in [0.717, 1.165) is 19.2 Å². The summed E-state index contributed by atoms with van der Waals surface area (Å²) in [6.07, 6.45) is 1.06. The third kappa shape index (κ3) is 2.12. The number of hydrogen-bond donors (Lipinski definition) is 0. The minimum atomic E-state index is 0.760. The fourth-order valence-corrected chi connectivity index (χ4v) is 1.09. The number of nitriles is 1. The van der Waals surface area contributed by atoms with Gasteiger partial charge < -0.3 is 0 Å². The highest BCUT2D eigenvalue weighted by Crippen LogP contribution is 2.03. The van der Waals surface area contributed by atoms with E-state index >= 15 is 0 Å². The first-order valence-corrected chi connectivity index (χ1v) is 3.86. The average Bonchev–Trinajstić information content (AvgIpc) is 2.06. The lowest BCUT2D eigenvalue weighted by Crippen LogP contribution is -1.90. The molecule has 11 heavy (non-hydrogen) atoms. The van der Waals surface area contributed by atoms with Gasteiger partial charge in [-0.25, -0.2) is 0 Å². The van der Waals surface area contributed by atoms with E-state index in [2.05, 4.69) is 19.0 Å². The molecule has 0 spiro atoms. The maximum absolute atomic E-state index is 8.58. The number of hydrogen-bond acceptors (Lipinski definition) is 1. The molecule has 0 aromatic heterocycles. The maximum Gasteiger partial charge on any atom is 0.122 e. The molecule has 2 heteroatoms. The van der Waals surface area contributed by atoms with E-state index in [1.165, 1.54) is 5.56 Å². The van der Waals surface area contributed by atoms with Crippen LogP contribution in [0.4, 0.5) is 0 Å². The molecule has 0 fully saturated rings. The summed E-state index contributed by atoms with van der Waals surface area (Å²) < 4.78 is 0. The molecule has 1 nitrogen and oxygen atoms in total. The molecule has 0 aliphatic rings. The predicted molar refractivity (Wildman–Crippen MR) is 47.9 cm³/mol. The summed E-state index contributed by atoms with van der Waals surface area (Å²) in [6, 6.07) is 9.90. The summed E-state index contributed by atoms with van der Waals surface area (Å²) in [7, 11) is 1.13. The Balaban J connectivity index is 2.85. The van der Waals surface area contributed by atoms with Crippen molar-refractivity contribution in [3.63, 3.8) is 0 Å². The third-order valence-electron chi connectivity index (χ3n) is 1.59. The molecule has 1 aromatic carbocycles. The number of rotatable bonds is 2. The lowest BCUT2D eigenvalue weighted by molar-refractivity contribution is 1.36. The van der Waals surface area contributed by atoms with E-state index in [9.17, 15) is 0 Å². The van der Waals surface area contributed by atoms with Crippen LogP contribution < -0.4 is 0 Å². The molecular weight excluding hydrogens is 133 g/mol. The quantitative estimate of drug-likeness (QED) is 0.576. The minimum Gasteiger partial charge on any atom is -0.192 e. The Morgan fingerprint density at radius 2 is 2.36 bits per heavy atom. The van der Waals surface area contributed by atoms with Crippen molar-refractivity contribution >= 4 is 7.28 Å². The van der Waals surface area contributed by atoms with E-state index in [0.29, 0.717) is 0 Å². The summed E-state index contributed by atoms with van der Waals surface area (Å²) in [6.45, 7) is 2.14. The van der Waals surface area contributed by atoms with Gasteiger partial charge >= 0.3 is 0 Å². The molecule has 0 saturated carbocycles. The van der Waals surface area contributed by atoms with Crippen LogP contribution in [0, 0.1) is 11.3 Å². The van der Waals surface area contributed by atoms with Gasteiger partial charge in [-0.3, -0.25) is 0 Å². The molecule has 54 valence electrons. The molecule has 0 amide bonds. The van der Waals surface area contributed by atoms with Gasteiger partial charge in [0.05, 0.1) is 11.6 Å². The minimum absolute atomic E-state index is 0.760. The van der Waals surface area contributed by atoms with Gasteiger partial charge in [0.15, 0.2) is 0 Å². The molecule has 0 radical (unpaired) electrons. The molecular formula is C9H10BN. The van der Waals surface area contributed by atoms with E-state index in [-0.39, 0.29) is 0 Å². The molecule has 0 aliphatic heterocycles. The van der Waals surface area contributed by atoms with Gasteiger partial charge in [-0.2, -0.15) is 5.26 Å². The Morgan fingerprint density at radius 1 is 1.55 bits per heavy atom. The van der Waals surface area contributed by atoms with E-state index in [1.807, 2.05) is 18.2 Å². The number of benzene rings is 1. The lowest BCUT2D eigenvalue weighted by Gasteiger charge is -1.95. The maximum atomic E-state index is 8.58. The van der Waals surface area contributed by atoms with E-state index in [1.54, 1.807) is 0 Å². The smallest absolute Gasteiger partial charge is 0.122 e. The fourth-order valence-electron chi connectivity index (χ4n) is 1.09. The average molecular weight is 143 g/mol. The normalized spacial score (nSPS) is 8.73. The molecule has 1 rings (SSSR count). The van der Waals surface area contributed by atoms with Crippen LogP contribution in [0.5, 0.6) is 0 Å². The van der Waals surface area contributed by atoms with Gasteiger partial charge in [0.1, 0.15) is 7.28 Å². The van der Waals surface area contributed by atoms with Gasteiger partial charge in [0.2, 0.25) is 0 Å². The second kappa shape index (κ2) is 3.83. The van der Waals surface area contributed by atoms with Gasteiger partial charge in [-0.15, -0.1) is 0 Å². The SMILES string of the molecule is CBCc1cccc(C#N)c1. The highest BCUT2D eigenvalue weighted by atomic mass is 14.2. The summed E-state index contributed by atoms with van der Waals surface area (Å²) >= 11 is 0. The highest BCUT2D eigenvalue weighted by Gasteiger charge is 1.92.